The van der Waals surface area contributed by atoms with Crippen LogP contribution in [0.1, 0.15) is 35.0 Å². The van der Waals surface area contributed by atoms with E-state index in [1.807, 2.05) is 13.0 Å². The van der Waals surface area contributed by atoms with Crippen LogP contribution in [0.5, 0.6) is 5.75 Å². The van der Waals surface area contributed by atoms with Gasteiger partial charge in [0.1, 0.15) is 10.8 Å². The lowest BCUT2D eigenvalue weighted by molar-refractivity contribution is 0.413. The summed E-state index contributed by atoms with van der Waals surface area (Å²) >= 11 is 1.60. The molecule has 2 aromatic rings. The fraction of sp³-hybridized carbons (Fsp3) is 0.429. The Bertz CT molecular complexity index is 582. The van der Waals surface area contributed by atoms with Crippen LogP contribution in [-0.4, -0.2) is 17.3 Å². The number of anilines is 1. The number of hydrogen-bond donors (Lipinski definition) is 1. The number of hydrogen-bond acceptors (Lipinski definition) is 5. The molecule has 0 amide bonds. The highest BCUT2D eigenvalue weighted by Crippen LogP contribution is 2.35. The van der Waals surface area contributed by atoms with Gasteiger partial charge in [-0.25, -0.2) is 0 Å². The predicted octanol–water partition coefficient (Wildman–Crippen LogP) is 3.34. The molecule has 100 valence electrons. The molecule has 0 saturated carbocycles. The van der Waals surface area contributed by atoms with Crippen molar-refractivity contribution in [3.8, 4) is 5.75 Å². The van der Waals surface area contributed by atoms with Crippen LogP contribution in [-0.2, 0) is 6.42 Å². The monoisotopic (exact) mass is 275 g/mol. The van der Waals surface area contributed by atoms with Gasteiger partial charge in [-0.1, -0.05) is 17.4 Å². The van der Waals surface area contributed by atoms with Crippen LogP contribution < -0.4 is 10.1 Å². The molecule has 1 aliphatic rings. The summed E-state index contributed by atoms with van der Waals surface area (Å²) in [6, 6.07) is 6.66. The predicted molar refractivity (Wildman–Crippen MR) is 76.9 cm³/mol. The van der Waals surface area contributed by atoms with Gasteiger partial charge >= 0.3 is 0 Å². The van der Waals surface area contributed by atoms with Crippen LogP contribution in [0.3, 0.4) is 0 Å². The van der Waals surface area contributed by atoms with Crippen molar-refractivity contribution >= 4 is 16.5 Å². The highest BCUT2D eigenvalue weighted by atomic mass is 32.1. The maximum Gasteiger partial charge on any atom is 0.206 e. The van der Waals surface area contributed by atoms with E-state index in [0.29, 0.717) is 6.04 Å². The van der Waals surface area contributed by atoms with Crippen LogP contribution in [0.2, 0.25) is 0 Å². The van der Waals surface area contributed by atoms with E-state index in [-0.39, 0.29) is 0 Å². The van der Waals surface area contributed by atoms with Crippen LogP contribution in [0, 0.1) is 6.92 Å². The molecule has 1 atom stereocenters. The fourth-order valence-electron chi connectivity index (χ4n) is 2.56. The summed E-state index contributed by atoms with van der Waals surface area (Å²) in [4.78, 5) is 0. The van der Waals surface area contributed by atoms with Gasteiger partial charge in [0.15, 0.2) is 0 Å². The Kier molecular flexibility index (Phi) is 3.38. The van der Waals surface area contributed by atoms with Crippen LogP contribution in [0.15, 0.2) is 18.2 Å². The van der Waals surface area contributed by atoms with E-state index < -0.39 is 0 Å². The number of methoxy groups -OCH3 is 1. The minimum Gasteiger partial charge on any atom is -0.497 e. The lowest BCUT2D eigenvalue weighted by Crippen LogP contribution is -2.17. The second kappa shape index (κ2) is 5.17. The Morgan fingerprint density at radius 1 is 1.37 bits per heavy atom. The molecule has 19 heavy (non-hydrogen) atoms. The molecule has 0 bridgehead atoms. The summed E-state index contributed by atoms with van der Waals surface area (Å²) in [5, 5.41) is 13.6. The molecule has 0 saturated heterocycles. The van der Waals surface area contributed by atoms with E-state index in [1.165, 1.54) is 17.5 Å². The number of benzene rings is 1. The Hall–Kier alpha value is -1.62. The number of nitrogens with one attached hydrogen (secondary N) is 1. The molecule has 1 heterocycles. The quantitative estimate of drug-likeness (QED) is 0.933. The molecular weight excluding hydrogens is 258 g/mol. The van der Waals surface area contributed by atoms with E-state index in [1.54, 1.807) is 18.4 Å². The summed E-state index contributed by atoms with van der Waals surface area (Å²) in [7, 11) is 1.71. The zero-order valence-electron chi connectivity index (χ0n) is 11.1. The maximum absolute atomic E-state index is 5.33. The first kappa shape index (κ1) is 12.4. The molecule has 1 aromatic heterocycles. The first-order chi connectivity index (χ1) is 9.26. The third kappa shape index (κ3) is 2.56. The summed E-state index contributed by atoms with van der Waals surface area (Å²) in [6.07, 6.45) is 3.47. The lowest BCUT2D eigenvalue weighted by Gasteiger charge is -2.26. The SMILES string of the molecule is COc1ccc2c(c1)C(Nc1nnc(C)s1)CCC2. The molecule has 1 N–H and O–H groups in total. The van der Waals surface area contributed by atoms with Gasteiger partial charge in [0.25, 0.3) is 0 Å². The third-order valence-corrected chi connectivity index (χ3v) is 4.26. The number of fused-ring (bicyclic) bond motifs is 1. The van der Waals surface area contributed by atoms with Gasteiger partial charge in [-0.15, -0.1) is 10.2 Å². The normalized spacial score (nSPS) is 17.9. The molecule has 0 radical (unpaired) electrons. The van der Waals surface area contributed by atoms with Gasteiger partial charge in [-0.2, -0.15) is 0 Å². The second-order valence-corrected chi connectivity index (χ2v) is 5.96. The van der Waals surface area contributed by atoms with Crippen molar-refractivity contribution < 1.29 is 4.74 Å². The van der Waals surface area contributed by atoms with Crippen molar-refractivity contribution in [2.75, 3.05) is 12.4 Å². The first-order valence-corrected chi connectivity index (χ1v) is 7.31. The van der Waals surface area contributed by atoms with Crippen LogP contribution in [0.25, 0.3) is 0 Å². The summed E-state index contributed by atoms with van der Waals surface area (Å²) < 4.78 is 5.33. The summed E-state index contributed by atoms with van der Waals surface area (Å²) in [5.41, 5.74) is 2.74. The van der Waals surface area contributed by atoms with Crippen molar-refractivity contribution in [3.63, 3.8) is 0 Å². The molecule has 0 fully saturated rings. The van der Waals surface area contributed by atoms with Gasteiger partial charge < -0.3 is 10.1 Å². The first-order valence-electron chi connectivity index (χ1n) is 6.50. The topological polar surface area (TPSA) is 47.0 Å². The molecule has 1 aromatic carbocycles. The molecule has 0 aliphatic heterocycles. The lowest BCUT2D eigenvalue weighted by atomic mass is 9.87. The van der Waals surface area contributed by atoms with Crippen LogP contribution in [0.4, 0.5) is 5.13 Å². The maximum atomic E-state index is 5.33. The molecule has 4 nitrogen and oxygen atoms in total. The van der Waals surface area contributed by atoms with Gasteiger partial charge in [-0.05, 0) is 49.4 Å². The minimum absolute atomic E-state index is 0.311. The van der Waals surface area contributed by atoms with Gasteiger partial charge in [0.05, 0.1) is 13.2 Å². The average Bonchev–Trinajstić information content (AvgIpc) is 2.84. The highest BCUT2D eigenvalue weighted by molar-refractivity contribution is 7.15. The molecular formula is C14H17N3OS. The molecule has 1 unspecified atom stereocenters. The smallest absolute Gasteiger partial charge is 0.206 e. The minimum atomic E-state index is 0.311. The standard InChI is InChI=1S/C14H17N3OS/c1-9-16-17-14(19-9)15-13-5-3-4-10-6-7-11(18-2)8-12(10)13/h6-8,13H,3-5H2,1-2H3,(H,15,17). The average molecular weight is 275 g/mol. The summed E-state index contributed by atoms with van der Waals surface area (Å²) in [5.74, 6) is 0.917. The summed E-state index contributed by atoms with van der Waals surface area (Å²) in [6.45, 7) is 1.97. The molecule has 0 spiro atoms. The zero-order valence-corrected chi connectivity index (χ0v) is 12.0. The van der Waals surface area contributed by atoms with Crippen molar-refractivity contribution in [2.24, 2.45) is 0 Å². The fourth-order valence-corrected chi connectivity index (χ4v) is 3.20. The molecule has 5 heteroatoms. The van der Waals surface area contributed by atoms with E-state index in [2.05, 4.69) is 27.6 Å². The Balaban J connectivity index is 1.88. The zero-order chi connectivity index (χ0) is 13.2. The van der Waals surface area contributed by atoms with Crippen molar-refractivity contribution in [3.05, 3.63) is 34.3 Å². The van der Waals surface area contributed by atoms with Gasteiger partial charge in [0, 0.05) is 0 Å². The number of rotatable bonds is 3. The molecule has 1 aliphatic carbocycles. The van der Waals surface area contributed by atoms with Crippen molar-refractivity contribution in [2.45, 2.75) is 32.2 Å². The van der Waals surface area contributed by atoms with E-state index in [0.717, 1.165) is 28.7 Å². The van der Waals surface area contributed by atoms with Gasteiger partial charge in [-0.3, -0.25) is 0 Å². The number of aryl methyl sites for hydroxylation is 2. The third-order valence-electron chi connectivity index (χ3n) is 3.49. The van der Waals surface area contributed by atoms with E-state index >= 15 is 0 Å². The van der Waals surface area contributed by atoms with E-state index in [9.17, 15) is 0 Å². The Morgan fingerprint density at radius 2 is 2.26 bits per heavy atom. The van der Waals surface area contributed by atoms with Crippen molar-refractivity contribution in [1.29, 1.82) is 0 Å². The molecule has 3 rings (SSSR count). The number of nitrogens with zero attached hydrogens (tertiary/aromatic N) is 2. The van der Waals surface area contributed by atoms with E-state index in [4.69, 9.17) is 4.74 Å². The van der Waals surface area contributed by atoms with Crippen molar-refractivity contribution in [1.82, 2.24) is 10.2 Å². The van der Waals surface area contributed by atoms with Gasteiger partial charge in [0.2, 0.25) is 5.13 Å². The second-order valence-electron chi connectivity index (χ2n) is 4.78. The number of aromatic nitrogens is 2. The van der Waals surface area contributed by atoms with Crippen LogP contribution >= 0.6 is 11.3 Å². The largest absolute Gasteiger partial charge is 0.497 e. The highest BCUT2D eigenvalue weighted by Gasteiger charge is 2.21. The Labute approximate surface area is 116 Å². The number of ether oxygens (including phenoxy) is 1. The Morgan fingerprint density at radius 3 is 3.00 bits per heavy atom.